The fourth-order valence-electron chi connectivity index (χ4n) is 2.78. The summed E-state index contributed by atoms with van der Waals surface area (Å²) in [4.78, 5) is 3.32. The van der Waals surface area contributed by atoms with Gasteiger partial charge in [-0.2, -0.15) is 17.6 Å². The SMILES string of the molecule is CC1(C)CCc2cc3c(C(F)(F)F)c(F)c(F)nc3cc2N1. The minimum Gasteiger partial charge on any atom is -0.380 e. The fourth-order valence-corrected chi connectivity index (χ4v) is 2.78. The highest BCUT2D eigenvalue weighted by molar-refractivity contribution is 5.88. The second-order valence-electron chi connectivity index (χ2n) is 6.12. The van der Waals surface area contributed by atoms with Crippen molar-refractivity contribution in [2.45, 2.75) is 38.4 Å². The van der Waals surface area contributed by atoms with E-state index in [4.69, 9.17) is 0 Å². The largest absolute Gasteiger partial charge is 0.420 e. The molecule has 0 spiro atoms. The Morgan fingerprint density at radius 2 is 1.86 bits per heavy atom. The van der Waals surface area contributed by atoms with Gasteiger partial charge in [-0.25, -0.2) is 9.37 Å². The molecule has 0 saturated carbocycles. The Balaban J connectivity index is 2.31. The van der Waals surface area contributed by atoms with E-state index in [9.17, 15) is 22.0 Å². The van der Waals surface area contributed by atoms with Gasteiger partial charge in [-0.05, 0) is 44.4 Å². The number of rotatable bonds is 0. The van der Waals surface area contributed by atoms with Crippen LogP contribution in [0.15, 0.2) is 12.1 Å². The lowest BCUT2D eigenvalue weighted by atomic mass is 9.88. The van der Waals surface area contributed by atoms with Crippen LogP contribution in [0.4, 0.5) is 27.6 Å². The third kappa shape index (κ3) is 2.38. The normalized spacial score (nSPS) is 17.2. The summed E-state index contributed by atoms with van der Waals surface area (Å²) >= 11 is 0. The number of pyridine rings is 1. The average Bonchev–Trinajstić information content (AvgIpc) is 2.36. The minimum absolute atomic E-state index is 0.213. The van der Waals surface area contributed by atoms with Gasteiger partial charge in [-0.3, -0.25) is 0 Å². The Morgan fingerprint density at radius 3 is 2.50 bits per heavy atom. The van der Waals surface area contributed by atoms with E-state index < -0.39 is 28.9 Å². The molecule has 2 nitrogen and oxygen atoms in total. The summed E-state index contributed by atoms with van der Waals surface area (Å²) in [6.45, 7) is 3.92. The van der Waals surface area contributed by atoms with Gasteiger partial charge in [0.15, 0.2) is 5.82 Å². The Bertz CT molecular complexity index is 765. The van der Waals surface area contributed by atoms with E-state index >= 15 is 0 Å². The smallest absolute Gasteiger partial charge is 0.380 e. The lowest BCUT2D eigenvalue weighted by molar-refractivity contribution is -0.139. The second kappa shape index (κ2) is 4.54. The van der Waals surface area contributed by atoms with Crippen LogP contribution in [0.5, 0.6) is 0 Å². The first-order valence-electron chi connectivity index (χ1n) is 6.75. The number of alkyl halides is 3. The van der Waals surface area contributed by atoms with Crippen molar-refractivity contribution in [2.24, 2.45) is 0 Å². The van der Waals surface area contributed by atoms with Crippen molar-refractivity contribution in [3.8, 4) is 0 Å². The maximum Gasteiger partial charge on any atom is 0.420 e. The van der Waals surface area contributed by atoms with E-state index in [0.717, 1.165) is 6.42 Å². The third-order valence-electron chi connectivity index (χ3n) is 3.89. The van der Waals surface area contributed by atoms with E-state index in [2.05, 4.69) is 10.3 Å². The molecule has 2 heterocycles. The Hall–Kier alpha value is -1.92. The maximum atomic E-state index is 13.6. The summed E-state index contributed by atoms with van der Waals surface area (Å²) in [6.07, 6.45) is -3.70. The van der Waals surface area contributed by atoms with Crippen molar-refractivity contribution in [2.75, 3.05) is 5.32 Å². The van der Waals surface area contributed by atoms with Gasteiger partial charge < -0.3 is 5.32 Å². The minimum atomic E-state index is -4.98. The van der Waals surface area contributed by atoms with Crippen LogP contribution in [-0.4, -0.2) is 10.5 Å². The molecule has 1 aromatic carbocycles. The van der Waals surface area contributed by atoms with Gasteiger partial charge in [0.1, 0.15) is 5.56 Å². The molecule has 7 heteroatoms. The lowest BCUT2D eigenvalue weighted by Gasteiger charge is -2.34. The molecule has 1 aliphatic heterocycles. The Kier molecular flexibility index (Phi) is 3.09. The number of halogens is 5. The first kappa shape index (κ1) is 15.0. The number of hydrogen-bond donors (Lipinski definition) is 1. The van der Waals surface area contributed by atoms with Crippen LogP contribution < -0.4 is 5.32 Å². The number of anilines is 1. The molecular formula is C15H13F5N2. The Morgan fingerprint density at radius 1 is 1.18 bits per heavy atom. The molecule has 3 rings (SSSR count). The fraction of sp³-hybridized carbons (Fsp3) is 0.400. The predicted molar refractivity (Wildman–Crippen MR) is 72.7 cm³/mol. The summed E-state index contributed by atoms with van der Waals surface area (Å²) in [5.74, 6) is -3.70. The highest BCUT2D eigenvalue weighted by Crippen LogP contribution is 2.40. The van der Waals surface area contributed by atoms with Crippen LogP contribution in [0.2, 0.25) is 0 Å². The molecule has 2 aromatic rings. The van der Waals surface area contributed by atoms with E-state index in [0.29, 0.717) is 17.7 Å². The van der Waals surface area contributed by atoms with Gasteiger partial charge in [0.2, 0.25) is 5.95 Å². The van der Waals surface area contributed by atoms with Gasteiger partial charge in [-0.15, -0.1) is 0 Å². The van der Waals surface area contributed by atoms with E-state index in [1.54, 1.807) is 0 Å². The molecule has 1 N–H and O–H groups in total. The number of aryl methyl sites for hydroxylation is 1. The molecular weight excluding hydrogens is 303 g/mol. The van der Waals surface area contributed by atoms with Crippen molar-refractivity contribution in [3.05, 3.63) is 35.0 Å². The molecule has 0 unspecified atom stereocenters. The van der Waals surface area contributed by atoms with E-state index in [-0.39, 0.29) is 11.1 Å². The summed E-state index contributed by atoms with van der Waals surface area (Å²) in [7, 11) is 0. The molecule has 0 aliphatic carbocycles. The van der Waals surface area contributed by atoms with Crippen LogP contribution in [-0.2, 0) is 12.6 Å². The van der Waals surface area contributed by atoms with Crippen LogP contribution in [0.1, 0.15) is 31.4 Å². The van der Waals surface area contributed by atoms with Crippen molar-refractivity contribution >= 4 is 16.6 Å². The predicted octanol–water partition coefficient (Wildman–Crippen LogP) is 4.67. The standard InChI is InChI=1S/C15H13F5N2/c1-14(2)4-3-7-5-8-10(6-9(7)22-14)21-13(17)12(16)11(8)15(18,19)20/h5-6,22H,3-4H2,1-2H3. The molecule has 0 saturated heterocycles. The van der Waals surface area contributed by atoms with Gasteiger partial charge in [-0.1, -0.05) is 0 Å². The van der Waals surface area contributed by atoms with Gasteiger partial charge in [0.05, 0.1) is 5.52 Å². The average molecular weight is 316 g/mol. The molecule has 22 heavy (non-hydrogen) atoms. The quantitative estimate of drug-likeness (QED) is 0.564. The van der Waals surface area contributed by atoms with Crippen LogP contribution in [0, 0.1) is 11.8 Å². The number of nitrogens with zero attached hydrogens (tertiary/aromatic N) is 1. The zero-order chi connectivity index (χ0) is 16.3. The topological polar surface area (TPSA) is 24.9 Å². The van der Waals surface area contributed by atoms with Crippen molar-refractivity contribution in [1.82, 2.24) is 4.98 Å². The zero-order valence-electron chi connectivity index (χ0n) is 11.9. The summed E-state index contributed by atoms with van der Waals surface area (Å²) in [5.41, 5.74) is -0.773. The zero-order valence-corrected chi connectivity index (χ0v) is 11.9. The van der Waals surface area contributed by atoms with Crippen molar-refractivity contribution in [3.63, 3.8) is 0 Å². The molecule has 0 amide bonds. The monoisotopic (exact) mass is 316 g/mol. The molecule has 1 aromatic heterocycles. The van der Waals surface area contributed by atoms with Crippen LogP contribution in [0.3, 0.4) is 0 Å². The van der Waals surface area contributed by atoms with E-state index in [1.165, 1.54) is 12.1 Å². The number of hydrogen-bond acceptors (Lipinski definition) is 2. The first-order valence-corrected chi connectivity index (χ1v) is 6.75. The molecule has 0 bridgehead atoms. The van der Waals surface area contributed by atoms with Gasteiger partial charge in [0.25, 0.3) is 0 Å². The highest BCUT2D eigenvalue weighted by Gasteiger charge is 2.39. The van der Waals surface area contributed by atoms with Crippen molar-refractivity contribution < 1.29 is 22.0 Å². The Labute approximate surface area is 123 Å². The maximum absolute atomic E-state index is 13.6. The highest BCUT2D eigenvalue weighted by atomic mass is 19.4. The van der Waals surface area contributed by atoms with Gasteiger partial charge in [0, 0.05) is 16.6 Å². The number of aromatic nitrogens is 1. The molecule has 0 atom stereocenters. The molecule has 118 valence electrons. The molecule has 1 aliphatic rings. The second-order valence-corrected chi connectivity index (χ2v) is 6.12. The lowest BCUT2D eigenvalue weighted by Crippen LogP contribution is -2.35. The summed E-state index contributed by atoms with van der Waals surface area (Å²) in [5, 5.41) is 2.77. The molecule has 0 fully saturated rings. The first-order chi connectivity index (χ1) is 10.1. The number of benzene rings is 1. The third-order valence-corrected chi connectivity index (χ3v) is 3.89. The van der Waals surface area contributed by atoms with Gasteiger partial charge >= 0.3 is 6.18 Å². The summed E-state index contributed by atoms with van der Waals surface area (Å²) < 4.78 is 66.2. The number of nitrogens with one attached hydrogen (secondary N) is 1. The van der Waals surface area contributed by atoms with Crippen LogP contribution >= 0.6 is 0 Å². The van der Waals surface area contributed by atoms with Crippen molar-refractivity contribution in [1.29, 1.82) is 0 Å². The molecule has 0 radical (unpaired) electrons. The summed E-state index contributed by atoms with van der Waals surface area (Å²) in [6, 6.07) is 2.61. The number of fused-ring (bicyclic) bond motifs is 2. The van der Waals surface area contributed by atoms with E-state index in [1.807, 2.05) is 13.8 Å². The van der Waals surface area contributed by atoms with Crippen LogP contribution in [0.25, 0.3) is 10.9 Å².